The first kappa shape index (κ1) is 22.7. The van der Waals surface area contributed by atoms with Crippen LogP contribution in [-0.2, 0) is 22.3 Å². The Morgan fingerprint density at radius 1 is 1.00 bits per heavy atom. The highest BCUT2D eigenvalue weighted by molar-refractivity contribution is 5.84. The molecule has 0 atom stereocenters. The fourth-order valence-electron chi connectivity index (χ4n) is 2.45. The maximum absolute atomic E-state index is 12.7. The molecule has 30 heavy (non-hydrogen) atoms. The lowest BCUT2D eigenvalue weighted by Gasteiger charge is -2.11. The molecule has 11 heteroatoms. The number of anilines is 1. The first-order valence-electron chi connectivity index (χ1n) is 8.83. The van der Waals surface area contributed by atoms with Crippen LogP contribution in [0.3, 0.4) is 0 Å². The van der Waals surface area contributed by atoms with Crippen LogP contribution in [0.4, 0.5) is 24.5 Å². The molecule has 0 aromatic heterocycles. The number of amides is 2. The molecule has 0 aliphatic rings. The van der Waals surface area contributed by atoms with Gasteiger partial charge in [0.05, 0.1) is 17.0 Å². The minimum absolute atomic E-state index is 0.0658. The van der Waals surface area contributed by atoms with Gasteiger partial charge in [0.15, 0.2) is 0 Å². The Bertz CT molecular complexity index is 904. The first-order valence-corrected chi connectivity index (χ1v) is 8.83. The molecule has 0 saturated carbocycles. The third kappa shape index (κ3) is 7.08. The van der Waals surface area contributed by atoms with Crippen molar-refractivity contribution < 1.29 is 27.7 Å². The number of nitrogens with zero attached hydrogens (tertiary/aromatic N) is 1. The molecule has 2 amide bonds. The molecule has 160 valence electrons. The van der Waals surface area contributed by atoms with Crippen molar-refractivity contribution in [3.63, 3.8) is 0 Å². The Morgan fingerprint density at radius 2 is 1.70 bits per heavy atom. The number of hydrogen-bond donors (Lipinski definition) is 3. The zero-order valence-corrected chi connectivity index (χ0v) is 15.7. The van der Waals surface area contributed by atoms with Gasteiger partial charge in [0.1, 0.15) is 5.69 Å². The predicted molar refractivity (Wildman–Crippen MR) is 103 cm³/mol. The highest BCUT2D eigenvalue weighted by Crippen LogP contribution is 2.34. The van der Waals surface area contributed by atoms with Gasteiger partial charge in [-0.25, -0.2) is 0 Å². The van der Waals surface area contributed by atoms with Crippen LogP contribution >= 0.6 is 0 Å². The molecule has 2 aromatic carbocycles. The van der Waals surface area contributed by atoms with Gasteiger partial charge < -0.3 is 16.0 Å². The summed E-state index contributed by atoms with van der Waals surface area (Å²) >= 11 is 0. The molecule has 0 radical (unpaired) electrons. The second kappa shape index (κ2) is 10.2. The summed E-state index contributed by atoms with van der Waals surface area (Å²) in [5, 5.41) is 18.6. The van der Waals surface area contributed by atoms with Crippen LogP contribution in [-0.4, -0.2) is 29.8 Å². The van der Waals surface area contributed by atoms with Crippen LogP contribution in [0.25, 0.3) is 0 Å². The number of hydrogen-bond acceptors (Lipinski definition) is 5. The lowest BCUT2D eigenvalue weighted by Crippen LogP contribution is -2.37. The molecule has 2 aromatic rings. The zero-order valence-electron chi connectivity index (χ0n) is 15.7. The van der Waals surface area contributed by atoms with Gasteiger partial charge in [-0.05, 0) is 17.7 Å². The molecule has 0 heterocycles. The largest absolute Gasteiger partial charge is 0.416 e. The number of benzene rings is 2. The summed E-state index contributed by atoms with van der Waals surface area (Å²) < 4.78 is 38.1. The van der Waals surface area contributed by atoms with Crippen LogP contribution < -0.4 is 16.0 Å². The first-order chi connectivity index (χ1) is 14.2. The van der Waals surface area contributed by atoms with Gasteiger partial charge in [0.2, 0.25) is 11.8 Å². The van der Waals surface area contributed by atoms with Crippen molar-refractivity contribution in [1.29, 1.82) is 0 Å². The molecule has 0 bridgehead atoms. The minimum Gasteiger partial charge on any atom is -0.379 e. The van der Waals surface area contributed by atoms with Gasteiger partial charge in [-0.15, -0.1) is 0 Å². The Labute approximate surface area is 169 Å². The van der Waals surface area contributed by atoms with Crippen molar-refractivity contribution >= 4 is 23.2 Å². The molecule has 0 aliphatic heterocycles. The highest BCUT2D eigenvalue weighted by atomic mass is 19.4. The van der Waals surface area contributed by atoms with Crippen molar-refractivity contribution in [3.8, 4) is 0 Å². The van der Waals surface area contributed by atoms with E-state index in [1.807, 2.05) is 30.3 Å². The molecule has 2 rings (SSSR count). The summed E-state index contributed by atoms with van der Waals surface area (Å²) in [7, 11) is 0. The van der Waals surface area contributed by atoms with Crippen LogP contribution in [0.1, 0.15) is 17.5 Å². The molecule has 0 saturated heterocycles. The van der Waals surface area contributed by atoms with Crippen molar-refractivity contribution in [3.05, 3.63) is 69.8 Å². The molecule has 0 unspecified atom stereocenters. The Hall–Kier alpha value is -3.63. The molecular formula is C19H19F3N4O4. The SMILES string of the molecule is O=C(CCNc1ccc(C(F)(F)F)cc1[N+](=O)[O-])NCC(=O)NCc1ccccc1. The van der Waals surface area contributed by atoms with Gasteiger partial charge in [0.25, 0.3) is 5.69 Å². The lowest BCUT2D eigenvalue weighted by molar-refractivity contribution is -0.384. The van der Waals surface area contributed by atoms with E-state index in [4.69, 9.17) is 0 Å². The third-order valence-electron chi connectivity index (χ3n) is 3.97. The Balaban J connectivity index is 1.77. The van der Waals surface area contributed by atoms with E-state index in [9.17, 15) is 32.9 Å². The topological polar surface area (TPSA) is 113 Å². The number of nitro benzene ring substituents is 1. The number of nitrogens with one attached hydrogen (secondary N) is 3. The average molecular weight is 424 g/mol. The molecular weight excluding hydrogens is 405 g/mol. The van der Waals surface area contributed by atoms with Gasteiger partial charge in [-0.3, -0.25) is 19.7 Å². The Kier molecular flexibility index (Phi) is 7.73. The number of alkyl halides is 3. The normalized spacial score (nSPS) is 10.9. The van der Waals surface area contributed by atoms with Crippen LogP contribution in [0, 0.1) is 10.1 Å². The summed E-state index contributed by atoms with van der Waals surface area (Å²) in [6.45, 7) is 0.00442. The summed E-state index contributed by atoms with van der Waals surface area (Å²) in [5.41, 5.74) is -1.12. The van der Waals surface area contributed by atoms with E-state index < -0.39 is 34.2 Å². The van der Waals surface area contributed by atoms with E-state index in [1.54, 1.807) is 0 Å². The van der Waals surface area contributed by atoms with E-state index in [1.165, 1.54) is 0 Å². The standard InChI is InChI=1S/C19H19F3N4O4/c20-19(21,22)14-6-7-15(16(10-14)26(29)30)23-9-8-17(27)25-12-18(28)24-11-13-4-2-1-3-5-13/h1-7,10,23H,8-9,11-12H2,(H,24,28)(H,25,27). The summed E-state index contributed by atoms with van der Waals surface area (Å²) in [6, 6.07) is 11.3. The van der Waals surface area contributed by atoms with Crippen molar-refractivity contribution in [1.82, 2.24) is 10.6 Å². The average Bonchev–Trinajstić information content (AvgIpc) is 2.70. The number of halogens is 3. The lowest BCUT2D eigenvalue weighted by atomic mass is 10.1. The second-order valence-electron chi connectivity index (χ2n) is 6.20. The maximum Gasteiger partial charge on any atom is 0.416 e. The molecule has 8 nitrogen and oxygen atoms in total. The second-order valence-corrected chi connectivity index (χ2v) is 6.20. The van der Waals surface area contributed by atoms with E-state index >= 15 is 0 Å². The summed E-state index contributed by atoms with van der Waals surface area (Å²) in [4.78, 5) is 33.6. The van der Waals surface area contributed by atoms with E-state index in [-0.39, 0.29) is 25.2 Å². The monoisotopic (exact) mass is 424 g/mol. The fourth-order valence-corrected chi connectivity index (χ4v) is 2.45. The van der Waals surface area contributed by atoms with Crippen molar-refractivity contribution in [2.75, 3.05) is 18.4 Å². The van der Waals surface area contributed by atoms with Crippen molar-refractivity contribution in [2.45, 2.75) is 19.1 Å². The molecule has 0 spiro atoms. The molecule has 0 fully saturated rings. The molecule has 3 N–H and O–H groups in total. The number of carbonyl (C=O) groups is 2. The van der Waals surface area contributed by atoms with Crippen LogP contribution in [0.5, 0.6) is 0 Å². The minimum atomic E-state index is -4.70. The smallest absolute Gasteiger partial charge is 0.379 e. The maximum atomic E-state index is 12.7. The number of nitro groups is 1. The quantitative estimate of drug-likeness (QED) is 0.423. The third-order valence-corrected chi connectivity index (χ3v) is 3.97. The van der Waals surface area contributed by atoms with Gasteiger partial charge >= 0.3 is 6.18 Å². The predicted octanol–water partition coefficient (Wildman–Crippen LogP) is 2.85. The van der Waals surface area contributed by atoms with Crippen molar-refractivity contribution in [2.24, 2.45) is 0 Å². The van der Waals surface area contributed by atoms with Crippen LogP contribution in [0.15, 0.2) is 48.5 Å². The number of rotatable bonds is 9. The highest BCUT2D eigenvalue weighted by Gasteiger charge is 2.33. The van der Waals surface area contributed by atoms with Gasteiger partial charge in [-0.1, -0.05) is 30.3 Å². The van der Waals surface area contributed by atoms with Gasteiger partial charge in [-0.2, -0.15) is 13.2 Å². The zero-order chi connectivity index (χ0) is 22.1. The fraction of sp³-hybridized carbons (Fsp3) is 0.263. The Morgan fingerprint density at radius 3 is 2.33 bits per heavy atom. The van der Waals surface area contributed by atoms with E-state index in [0.29, 0.717) is 18.7 Å². The molecule has 0 aliphatic carbocycles. The summed E-state index contributed by atoms with van der Waals surface area (Å²) in [5.74, 6) is -0.884. The van der Waals surface area contributed by atoms with E-state index in [0.717, 1.165) is 11.6 Å². The van der Waals surface area contributed by atoms with E-state index in [2.05, 4.69) is 16.0 Å². The number of carbonyl (C=O) groups excluding carboxylic acids is 2. The van der Waals surface area contributed by atoms with Gasteiger partial charge in [0, 0.05) is 25.6 Å². The summed E-state index contributed by atoms with van der Waals surface area (Å²) in [6.07, 6.45) is -4.84. The van der Waals surface area contributed by atoms with Crippen LogP contribution in [0.2, 0.25) is 0 Å².